The molecular formula is C38H50N4S2+2. The first kappa shape index (κ1) is 35.0. The Labute approximate surface area is 274 Å². The fourth-order valence-corrected chi connectivity index (χ4v) is 6.64. The van der Waals surface area contributed by atoms with Crippen LogP contribution < -0.4 is 19.4 Å². The summed E-state index contributed by atoms with van der Waals surface area (Å²) in [5, 5.41) is 0. The monoisotopic (exact) mass is 626 g/mol. The van der Waals surface area contributed by atoms with E-state index >= 15 is 0 Å². The van der Waals surface area contributed by atoms with Crippen molar-refractivity contribution in [3.05, 3.63) is 120 Å². The molecule has 4 nitrogen and oxygen atoms in total. The molecule has 3 aromatic rings. The average molecular weight is 627 g/mol. The highest BCUT2D eigenvalue weighted by Gasteiger charge is 2.07. The van der Waals surface area contributed by atoms with Gasteiger partial charge in [-0.15, -0.1) is 0 Å². The zero-order valence-electron chi connectivity index (χ0n) is 26.9. The number of aryl methyl sites for hydroxylation is 1. The van der Waals surface area contributed by atoms with Gasteiger partial charge in [0.05, 0.1) is 0 Å². The van der Waals surface area contributed by atoms with Crippen LogP contribution in [0.3, 0.4) is 0 Å². The molecule has 0 saturated carbocycles. The Bertz CT molecular complexity index is 1360. The van der Waals surface area contributed by atoms with E-state index in [4.69, 9.17) is 0 Å². The zero-order valence-corrected chi connectivity index (χ0v) is 28.6. The lowest BCUT2D eigenvalue weighted by molar-refractivity contribution is -0.695. The van der Waals surface area contributed by atoms with Crippen LogP contribution in [0.25, 0.3) is 18.2 Å². The Kier molecular flexibility index (Phi) is 16.9. The van der Waals surface area contributed by atoms with E-state index in [9.17, 15) is 0 Å². The summed E-state index contributed by atoms with van der Waals surface area (Å²) in [6.45, 7) is 14.8. The van der Waals surface area contributed by atoms with Crippen molar-refractivity contribution in [1.29, 1.82) is 0 Å². The second-order valence-electron chi connectivity index (χ2n) is 10.1. The molecule has 0 aliphatic heterocycles. The SMILES string of the molecule is CC[NH+]=C\C=C/C=C/C=C/c1ccc(N(CC)CCSSCCN(CC)c2ccc(/C=C/c3cccc[n+]3CC)cc2)cc1. The van der Waals surface area contributed by atoms with Gasteiger partial charge in [0.15, 0.2) is 12.4 Å². The summed E-state index contributed by atoms with van der Waals surface area (Å²) in [7, 11) is 3.96. The predicted octanol–water partition coefficient (Wildman–Crippen LogP) is 7.20. The minimum Gasteiger partial charge on any atom is -0.371 e. The summed E-state index contributed by atoms with van der Waals surface area (Å²) >= 11 is 0. The van der Waals surface area contributed by atoms with E-state index in [1.165, 1.54) is 28.2 Å². The number of anilines is 2. The van der Waals surface area contributed by atoms with Crippen LogP contribution in [0.4, 0.5) is 11.4 Å². The summed E-state index contributed by atoms with van der Waals surface area (Å²) in [5.74, 6) is 2.22. The van der Waals surface area contributed by atoms with E-state index in [-0.39, 0.29) is 0 Å². The first-order valence-electron chi connectivity index (χ1n) is 15.9. The number of benzene rings is 2. The maximum absolute atomic E-state index is 3.15. The highest BCUT2D eigenvalue weighted by Crippen LogP contribution is 2.24. The lowest BCUT2D eigenvalue weighted by Crippen LogP contribution is -2.67. The molecule has 0 aliphatic carbocycles. The molecule has 0 fully saturated rings. The predicted molar refractivity (Wildman–Crippen MR) is 200 cm³/mol. The molecule has 1 N–H and O–H groups in total. The highest BCUT2D eigenvalue weighted by molar-refractivity contribution is 8.76. The number of nitrogens with zero attached hydrogens (tertiary/aromatic N) is 3. The summed E-state index contributed by atoms with van der Waals surface area (Å²) in [6, 6.07) is 24.1. The molecule has 0 saturated heterocycles. The van der Waals surface area contributed by atoms with Gasteiger partial charge in [-0.25, -0.2) is 4.99 Å². The van der Waals surface area contributed by atoms with Crippen molar-refractivity contribution in [2.75, 3.05) is 54.0 Å². The third-order valence-corrected chi connectivity index (χ3v) is 9.53. The summed E-state index contributed by atoms with van der Waals surface area (Å²) in [5.41, 5.74) is 6.24. The molecule has 0 unspecified atom stereocenters. The normalized spacial score (nSPS) is 12.1. The van der Waals surface area contributed by atoms with Crippen LogP contribution in [0.15, 0.2) is 103 Å². The lowest BCUT2D eigenvalue weighted by Gasteiger charge is -2.24. The van der Waals surface area contributed by atoms with E-state index in [1.807, 2.05) is 46.0 Å². The van der Waals surface area contributed by atoms with Gasteiger partial charge >= 0.3 is 0 Å². The van der Waals surface area contributed by atoms with Gasteiger partial charge in [0.25, 0.3) is 0 Å². The van der Waals surface area contributed by atoms with Gasteiger partial charge in [0.1, 0.15) is 13.1 Å². The molecule has 0 aliphatic rings. The molecule has 44 heavy (non-hydrogen) atoms. The van der Waals surface area contributed by atoms with Crippen molar-refractivity contribution < 1.29 is 9.56 Å². The maximum Gasteiger partial charge on any atom is 0.205 e. The number of rotatable bonds is 19. The van der Waals surface area contributed by atoms with Crippen LogP contribution in [0, 0.1) is 0 Å². The molecule has 232 valence electrons. The molecule has 0 bridgehead atoms. The molecule has 1 aromatic heterocycles. The fraction of sp³-hybridized carbons (Fsp3) is 0.316. The lowest BCUT2D eigenvalue weighted by atomic mass is 10.1. The van der Waals surface area contributed by atoms with Gasteiger partial charge in [-0.2, -0.15) is 4.57 Å². The Balaban J connectivity index is 1.38. The molecule has 6 heteroatoms. The van der Waals surface area contributed by atoms with E-state index < -0.39 is 0 Å². The first-order valence-corrected chi connectivity index (χ1v) is 18.3. The molecule has 0 amide bonds. The minimum absolute atomic E-state index is 0.944. The summed E-state index contributed by atoms with van der Waals surface area (Å²) in [4.78, 5) is 8.08. The molecule has 0 radical (unpaired) electrons. The molecule has 1 heterocycles. The van der Waals surface area contributed by atoms with Crippen molar-refractivity contribution in [3.8, 4) is 0 Å². The largest absolute Gasteiger partial charge is 0.371 e. The van der Waals surface area contributed by atoms with E-state index in [0.29, 0.717) is 0 Å². The van der Waals surface area contributed by atoms with E-state index in [0.717, 1.165) is 50.8 Å². The third-order valence-electron chi connectivity index (χ3n) is 7.17. The minimum atomic E-state index is 0.944. The quantitative estimate of drug-likeness (QED) is 0.0500. The van der Waals surface area contributed by atoms with Crippen LogP contribution >= 0.6 is 21.6 Å². The Morgan fingerprint density at radius 3 is 1.77 bits per heavy atom. The van der Waals surface area contributed by atoms with Crippen LogP contribution in [0.2, 0.25) is 0 Å². The first-order chi connectivity index (χ1) is 21.7. The van der Waals surface area contributed by atoms with Crippen molar-refractivity contribution in [2.24, 2.45) is 0 Å². The van der Waals surface area contributed by atoms with Gasteiger partial charge < -0.3 is 9.80 Å². The Morgan fingerprint density at radius 2 is 1.20 bits per heavy atom. The van der Waals surface area contributed by atoms with Gasteiger partial charge in [-0.05, 0) is 75.2 Å². The van der Waals surface area contributed by atoms with Crippen LogP contribution in [-0.4, -0.2) is 50.4 Å². The third kappa shape index (κ3) is 12.6. The summed E-state index contributed by atoms with van der Waals surface area (Å²) < 4.78 is 2.25. The number of hydrogen-bond donors (Lipinski definition) is 1. The van der Waals surface area contributed by atoms with Crippen LogP contribution in [0.1, 0.15) is 44.5 Å². The molecule has 2 aromatic carbocycles. The van der Waals surface area contributed by atoms with Crippen molar-refractivity contribution in [3.63, 3.8) is 0 Å². The molecule has 0 spiro atoms. The van der Waals surface area contributed by atoms with E-state index in [1.54, 1.807) is 0 Å². The molecule has 3 rings (SSSR count). The second kappa shape index (κ2) is 21.3. The van der Waals surface area contributed by atoms with Crippen molar-refractivity contribution >= 4 is 57.4 Å². The maximum atomic E-state index is 3.15. The number of pyridine rings is 1. The highest BCUT2D eigenvalue weighted by atomic mass is 33.1. The topological polar surface area (TPSA) is 24.3 Å². The van der Waals surface area contributed by atoms with Gasteiger partial charge in [0, 0.05) is 73.3 Å². The van der Waals surface area contributed by atoms with E-state index in [2.05, 4.69) is 150 Å². The Morgan fingerprint density at radius 1 is 0.636 bits per heavy atom. The number of aromatic nitrogens is 1. The second-order valence-corrected chi connectivity index (χ2v) is 12.8. The Hall–Kier alpha value is -3.48. The fourth-order valence-electron chi connectivity index (χ4n) is 4.66. The van der Waals surface area contributed by atoms with Crippen LogP contribution in [-0.2, 0) is 6.54 Å². The number of hydrogen-bond acceptors (Lipinski definition) is 4. The average Bonchev–Trinajstić information content (AvgIpc) is 3.07. The van der Waals surface area contributed by atoms with Gasteiger partial charge in [-0.1, -0.05) is 76.2 Å². The zero-order chi connectivity index (χ0) is 31.2. The molecular weight excluding hydrogens is 577 g/mol. The summed E-state index contributed by atoms with van der Waals surface area (Å²) in [6.07, 6.45) is 20.8. The van der Waals surface area contributed by atoms with Gasteiger partial charge in [-0.3, -0.25) is 0 Å². The molecule has 0 atom stereocenters. The van der Waals surface area contributed by atoms with Crippen molar-refractivity contribution in [1.82, 2.24) is 0 Å². The van der Waals surface area contributed by atoms with Crippen molar-refractivity contribution in [2.45, 2.75) is 34.2 Å². The van der Waals surface area contributed by atoms with Crippen LogP contribution in [0.5, 0.6) is 0 Å². The number of nitrogens with one attached hydrogen (secondary N) is 1. The standard InChI is InChI=1S/C38H49N4S2/c1-5-39-28-14-11-9-10-12-16-34-18-24-37(25-19-34)41(7-3)30-32-43-44-33-31-42(8-4)38-26-21-35(22-27-38)20-23-36-17-13-15-29-40(36)6-2/h9-29H,5-8,30-33H2,1-4H3/q+1/p+1/b10-9+,14-11-,16-12+,39-28?. The number of allylic oxidation sites excluding steroid dienone is 5. The smallest absolute Gasteiger partial charge is 0.205 e. The van der Waals surface area contributed by atoms with Gasteiger partial charge in [0.2, 0.25) is 5.69 Å².